The Morgan fingerprint density at radius 2 is 1.04 bits per heavy atom. The molecule has 0 aliphatic carbocycles. The molecule has 0 saturated heterocycles. The molecule has 0 amide bonds. The maximum absolute atomic E-state index is 12.9. The maximum Gasteiger partial charge on any atom is 0.306 e. The zero-order valence-electron chi connectivity index (χ0n) is 33.4. The SMILES string of the molecule is CCCCCCCCC(CCCCCCCC)OC(=O)CCCCN(CCCCCC(=O)OCCCCC)CCCCNc1c(NC)c(=O)c1=O. The third kappa shape index (κ3) is 23.7. The fourth-order valence-electron chi connectivity index (χ4n) is 6.62. The lowest BCUT2D eigenvalue weighted by Gasteiger charge is -2.23. The van der Waals surface area contributed by atoms with Crippen molar-refractivity contribution in [1.82, 2.24) is 4.90 Å². The Balaban J connectivity index is 2.50. The van der Waals surface area contributed by atoms with E-state index in [1.54, 1.807) is 7.05 Å². The summed E-state index contributed by atoms with van der Waals surface area (Å²) in [7, 11) is 1.65. The number of hydrogen-bond donors (Lipinski definition) is 2. The summed E-state index contributed by atoms with van der Waals surface area (Å²) >= 11 is 0. The molecule has 0 fully saturated rings. The van der Waals surface area contributed by atoms with Gasteiger partial charge in [-0.25, -0.2) is 0 Å². The quantitative estimate of drug-likeness (QED) is 0.0394. The number of ether oxygens (including phenoxy) is 2. The van der Waals surface area contributed by atoms with Crippen molar-refractivity contribution in [2.24, 2.45) is 0 Å². The van der Waals surface area contributed by atoms with Gasteiger partial charge in [-0.1, -0.05) is 104 Å². The predicted molar refractivity (Wildman–Crippen MR) is 214 cm³/mol. The van der Waals surface area contributed by atoms with E-state index in [4.69, 9.17) is 9.47 Å². The van der Waals surface area contributed by atoms with Crippen molar-refractivity contribution in [1.29, 1.82) is 0 Å². The van der Waals surface area contributed by atoms with Gasteiger partial charge in [0.15, 0.2) is 0 Å². The lowest BCUT2D eigenvalue weighted by molar-refractivity contribution is -0.150. The number of nitrogens with zero attached hydrogens (tertiary/aromatic N) is 1. The number of carbonyl (C=O) groups is 2. The highest BCUT2D eigenvalue weighted by Gasteiger charge is 2.19. The van der Waals surface area contributed by atoms with E-state index in [1.807, 2.05) is 0 Å². The van der Waals surface area contributed by atoms with Crippen molar-refractivity contribution in [2.75, 3.05) is 50.5 Å². The van der Waals surface area contributed by atoms with Crippen LogP contribution in [0.5, 0.6) is 0 Å². The maximum atomic E-state index is 12.9. The molecule has 0 bridgehead atoms. The summed E-state index contributed by atoms with van der Waals surface area (Å²) in [6, 6.07) is 0. The number of carbonyl (C=O) groups excluding carboxylic acids is 2. The lowest BCUT2D eigenvalue weighted by Crippen LogP contribution is -2.37. The van der Waals surface area contributed by atoms with Crippen LogP contribution in [0.3, 0.4) is 0 Å². The van der Waals surface area contributed by atoms with Crippen LogP contribution in [0.2, 0.25) is 0 Å². The highest BCUT2D eigenvalue weighted by atomic mass is 16.5. The minimum absolute atomic E-state index is 0.0459. The summed E-state index contributed by atoms with van der Waals surface area (Å²) in [5.74, 6) is -0.137. The van der Waals surface area contributed by atoms with Gasteiger partial charge in [-0.15, -0.1) is 0 Å². The molecule has 0 unspecified atom stereocenters. The monoisotopic (exact) mass is 720 g/mol. The molecule has 1 aromatic carbocycles. The van der Waals surface area contributed by atoms with Crippen LogP contribution in [0, 0.1) is 0 Å². The van der Waals surface area contributed by atoms with Crippen LogP contribution in [0.15, 0.2) is 9.59 Å². The van der Waals surface area contributed by atoms with Crippen LogP contribution in [0.1, 0.15) is 188 Å². The van der Waals surface area contributed by atoms with E-state index in [0.29, 0.717) is 37.4 Å². The van der Waals surface area contributed by atoms with Gasteiger partial charge >= 0.3 is 11.9 Å². The number of anilines is 2. The van der Waals surface area contributed by atoms with Crippen molar-refractivity contribution in [2.45, 2.75) is 194 Å². The predicted octanol–water partition coefficient (Wildman–Crippen LogP) is 9.70. The molecule has 9 nitrogen and oxygen atoms in total. The molecule has 0 aliphatic heterocycles. The van der Waals surface area contributed by atoms with Crippen LogP contribution >= 0.6 is 0 Å². The van der Waals surface area contributed by atoms with E-state index in [0.717, 1.165) is 110 Å². The minimum Gasteiger partial charge on any atom is -0.466 e. The van der Waals surface area contributed by atoms with E-state index in [1.165, 1.54) is 64.2 Å². The summed E-state index contributed by atoms with van der Waals surface area (Å²) in [5.41, 5.74) is -0.121. The van der Waals surface area contributed by atoms with E-state index in [9.17, 15) is 19.2 Å². The number of rotatable bonds is 37. The van der Waals surface area contributed by atoms with E-state index in [-0.39, 0.29) is 18.0 Å². The van der Waals surface area contributed by atoms with Crippen molar-refractivity contribution < 1.29 is 19.1 Å². The van der Waals surface area contributed by atoms with E-state index in [2.05, 4.69) is 36.3 Å². The molecule has 0 aromatic heterocycles. The van der Waals surface area contributed by atoms with E-state index < -0.39 is 10.9 Å². The Kier molecular flexibility index (Phi) is 29.5. The molecule has 2 N–H and O–H groups in total. The number of nitrogens with one attached hydrogen (secondary N) is 2. The molecule has 0 radical (unpaired) electrons. The largest absolute Gasteiger partial charge is 0.466 e. The van der Waals surface area contributed by atoms with Gasteiger partial charge in [-0.2, -0.15) is 0 Å². The molecule has 0 atom stereocenters. The van der Waals surface area contributed by atoms with E-state index >= 15 is 0 Å². The summed E-state index contributed by atoms with van der Waals surface area (Å²) in [6.45, 7) is 10.6. The molecule has 0 saturated carbocycles. The zero-order chi connectivity index (χ0) is 37.4. The topological polar surface area (TPSA) is 114 Å². The molecule has 0 spiro atoms. The smallest absolute Gasteiger partial charge is 0.306 e. The fraction of sp³-hybridized carbons (Fsp3) is 0.857. The van der Waals surface area contributed by atoms with Gasteiger partial charge in [0.2, 0.25) is 0 Å². The average Bonchev–Trinajstić information content (AvgIpc) is 3.13. The Hall–Kier alpha value is -2.42. The van der Waals surface area contributed by atoms with Crippen molar-refractivity contribution in [3.8, 4) is 0 Å². The fourth-order valence-corrected chi connectivity index (χ4v) is 6.62. The van der Waals surface area contributed by atoms with Crippen molar-refractivity contribution >= 4 is 23.3 Å². The van der Waals surface area contributed by atoms with Crippen LogP contribution < -0.4 is 21.5 Å². The van der Waals surface area contributed by atoms with Crippen LogP contribution in [-0.2, 0) is 19.1 Å². The van der Waals surface area contributed by atoms with Gasteiger partial charge in [-0.05, 0) is 90.3 Å². The van der Waals surface area contributed by atoms with Gasteiger partial charge in [-0.3, -0.25) is 19.2 Å². The highest BCUT2D eigenvalue weighted by Crippen LogP contribution is 2.18. The normalized spacial score (nSPS) is 11.5. The second kappa shape index (κ2) is 32.2. The summed E-state index contributed by atoms with van der Waals surface area (Å²) in [6.07, 6.45) is 27.6. The Morgan fingerprint density at radius 1 is 0.569 bits per heavy atom. The molecule has 296 valence electrons. The second-order valence-corrected chi connectivity index (χ2v) is 14.6. The first-order valence-corrected chi connectivity index (χ1v) is 21.2. The highest BCUT2D eigenvalue weighted by molar-refractivity contribution is 5.73. The first-order chi connectivity index (χ1) is 24.9. The first-order valence-electron chi connectivity index (χ1n) is 21.2. The molecule has 0 aliphatic rings. The second-order valence-electron chi connectivity index (χ2n) is 14.6. The Bertz CT molecular complexity index is 1050. The third-order valence-corrected chi connectivity index (χ3v) is 9.89. The van der Waals surface area contributed by atoms with Gasteiger partial charge in [0, 0.05) is 26.4 Å². The molecule has 0 heterocycles. The Morgan fingerprint density at radius 3 is 1.65 bits per heavy atom. The first kappa shape index (κ1) is 46.6. The number of hydrogen-bond acceptors (Lipinski definition) is 9. The average molecular weight is 720 g/mol. The molecule has 9 heteroatoms. The standard InChI is InChI=1S/C42H77N3O6/c1-5-8-11-13-15-18-27-36(28-19-16-14-12-9-6-2)51-38(47)30-21-24-33-45(32-23-17-20-29-37(46)50-35-26-10-7-3)34-25-22-31-44-40-39(43-4)41(48)42(40)49/h36,43-44H,5-35H2,1-4H3. The van der Waals surface area contributed by atoms with Gasteiger partial charge in [0.05, 0.1) is 6.61 Å². The molecule has 51 heavy (non-hydrogen) atoms. The van der Waals surface area contributed by atoms with Crippen LogP contribution in [0.25, 0.3) is 0 Å². The van der Waals surface area contributed by atoms with Gasteiger partial charge in [0.1, 0.15) is 17.5 Å². The van der Waals surface area contributed by atoms with Gasteiger partial charge < -0.3 is 25.0 Å². The summed E-state index contributed by atoms with van der Waals surface area (Å²) < 4.78 is 11.4. The molecule has 1 rings (SSSR count). The van der Waals surface area contributed by atoms with Crippen molar-refractivity contribution in [3.05, 3.63) is 20.4 Å². The minimum atomic E-state index is -0.453. The summed E-state index contributed by atoms with van der Waals surface area (Å²) in [5, 5.41) is 5.93. The Labute approximate surface area is 311 Å². The molecule has 1 aromatic rings. The zero-order valence-corrected chi connectivity index (χ0v) is 33.4. The number of unbranched alkanes of at least 4 members (excludes halogenated alkanes) is 16. The lowest BCUT2D eigenvalue weighted by atomic mass is 10.0. The van der Waals surface area contributed by atoms with Crippen LogP contribution in [0.4, 0.5) is 11.4 Å². The number of esters is 2. The van der Waals surface area contributed by atoms with Gasteiger partial charge in [0.25, 0.3) is 10.9 Å². The summed E-state index contributed by atoms with van der Waals surface area (Å²) in [4.78, 5) is 50.9. The third-order valence-electron chi connectivity index (χ3n) is 9.89. The van der Waals surface area contributed by atoms with Crippen LogP contribution in [-0.4, -0.2) is 62.8 Å². The van der Waals surface area contributed by atoms with Crippen molar-refractivity contribution in [3.63, 3.8) is 0 Å². The molecular formula is C42H77N3O6. The molecular weight excluding hydrogens is 642 g/mol.